The molecule has 0 saturated heterocycles. The Bertz CT molecular complexity index is 861. The van der Waals surface area contributed by atoms with E-state index < -0.39 is 0 Å². The van der Waals surface area contributed by atoms with Gasteiger partial charge in [-0.15, -0.1) is 0 Å². The smallest absolute Gasteiger partial charge is 0.234 e. The number of rotatable bonds is 4. The number of pyridine rings is 1. The Morgan fingerprint density at radius 3 is 2.61 bits per heavy atom. The molecule has 0 fully saturated rings. The Kier molecular flexibility index (Phi) is 4.63. The Labute approximate surface area is 140 Å². The molecule has 4 heteroatoms. The summed E-state index contributed by atoms with van der Waals surface area (Å²) in [5.41, 5.74) is 4.07. The van der Waals surface area contributed by atoms with Crippen molar-refractivity contribution in [1.82, 2.24) is 4.98 Å². The number of benzene rings is 2. The van der Waals surface area contributed by atoms with Crippen molar-refractivity contribution in [2.75, 3.05) is 11.1 Å². The van der Waals surface area contributed by atoms with E-state index in [1.165, 1.54) is 17.3 Å². The van der Waals surface area contributed by atoms with E-state index in [0.717, 1.165) is 27.2 Å². The third-order valence-corrected chi connectivity index (χ3v) is 4.58. The Hall–Kier alpha value is -2.33. The van der Waals surface area contributed by atoms with Gasteiger partial charge in [-0.1, -0.05) is 48.2 Å². The predicted molar refractivity (Wildman–Crippen MR) is 97.0 cm³/mol. The maximum absolute atomic E-state index is 12.1. The van der Waals surface area contributed by atoms with Gasteiger partial charge in [0.15, 0.2) is 0 Å². The summed E-state index contributed by atoms with van der Waals surface area (Å²) >= 11 is 1.46. The van der Waals surface area contributed by atoms with E-state index in [0.29, 0.717) is 5.75 Å². The molecule has 23 heavy (non-hydrogen) atoms. The molecule has 3 aromatic rings. The minimum Gasteiger partial charge on any atom is -0.325 e. The first-order chi connectivity index (χ1) is 11.1. The highest BCUT2D eigenvalue weighted by molar-refractivity contribution is 7.99. The first-order valence-electron chi connectivity index (χ1n) is 7.48. The van der Waals surface area contributed by atoms with Crippen LogP contribution in [0.25, 0.3) is 10.9 Å². The van der Waals surface area contributed by atoms with E-state index in [4.69, 9.17) is 0 Å². The number of thioether (sulfide) groups is 1. The quantitative estimate of drug-likeness (QED) is 0.715. The molecule has 3 rings (SSSR count). The van der Waals surface area contributed by atoms with Crippen LogP contribution in [0.5, 0.6) is 0 Å². The van der Waals surface area contributed by atoms with E-state index in [2.05, 4.69) is 23.3 Å². The zero-order valence-electron chi connectivity index (χ0n) is 13.2. The second-order valence-corrected chi connectivity index (χ2v) is 6.44. The summed E-state index contributed by atoms with van der Waals surface area (Å²) in [5.74, 6) is 0.330. The van der Waals surface area contributed by atoms with Crippen molar-refractivity contribution in [1.29, 1.82) is 0 Å². The Morgan fingerprint density at radius 1 is 1.04 bits per heavy atom. The summed E-state index contributed by atoms with van der Waals surface area (Å²) in [7, 11) is 0. The molecule has 1 aromatic heterocycles. The molecule has 0 aliphatic heterocycles. The Balaban J connectivity index is 1.68. The fraction of sp³-hybridized carbons (Fsp3) is 0.158. The van der Waals surface area contributed by atoms with Gasteiger partial charge in [0, 0.05) is 11.1 Å². The maximum atomic E-state index is 12.1. The van der Waals surface area contributed by atoms with Crippen LogP contribution >= 0.6 is 11.8 Å². The van der Waals surface area contributed by atoms with Crippen LogP contribution in [0.3, 0.4) is 0 Å². The summed E-state index contributed by atoms with van der Waals surface area (Å²) in [5, 5.41) is 4.97. The van der Waals surface area contributed by atoms with Crippen molar-refractivity contribution < 1.29 is 4.79 Å². The summed E-state index contributed by atoms with van der Waals surface area (Å²) < 4.78 is 0. The fourth-order valence-electron chi connectivity index (χ4n) is 2.43. The average molecular weight is 322 g/mol. The van der Waals surface area contributed by atoms with Crippen LogP contribution in [0.4, 0.5) is 5.69 Å². The van der Waals surface area contributed by atoms with E-state index >= 15 is 0 Å². The highest BCUT2D eigenvalue weighted by Gasteiger charge is 2.08. The van der Waals surface area contributed by atoms with Crippen LogP contribution in [0.15, 0.2) is 59.6 Å². The average Bonchev–Trinajstić information content (AvgIpc) is 2.55. The topological polar surface area (TPSA) is 42.0 Å². The molecule has 0 aliphatic carbocycles. The molecule has 116 valence electrons. The van der Waals surface area contributed by atoms with Crippen molar-refractivity contribution in [2.24, 2.45) is 0 Å². The molecule has 0 aliphatic rings. The van der Waals surface area contributed by atoms with Gasteiger partial charge in [0.05, 0.1) is 16.3 Å². The number of nitrogens with one attached hydrogen (secondary N) is 1. The summed E-state index contributed by atoms with van der Waals surface area (Å²) in [6.45, 7) is 4.05. The van der Waals surface area contributed by atoms with Crippen molar-refractivity contribution in [3.8, 4) is 0 Å². The van der Waals surface area contributed by atoms with E-state index in [9.17, 15) is 4.79 Å². The van der Waals surface area contributed by atoms with Gasteiger partial charge in [-0.05, 0) is 43.2 Å². The molecule has 0 radical (unpaired) electrons. The molecule has 0 spiro atoms. The number of aryl methyl sites for hydroxylation is 2. The van der Waals surface area contributed by atoms with Crippen molar-refractivity contribution in [3.63, 3.8) is 0 Å². The lowest BCUT2D eigenvalue weighted by molar-refractivity contribution is -0.113. The lowest BCUT2D eigenvalue weighted by Gasteiger charge is -2.08. The van der Waals surface area contributed by atoms with Gasteiger partial charge in [0.25, 0.3) is 0 Å². The van der Waals surface area contributed by atoms with E-state index in [-0.39, 0.29) is 5.91 Å². The first kappa shape index (κ1) is 15.6. The largest absolute Gasteiger partial charge is 0.325 e. The van der Waals surface area contributed by atoms with E-state index in [1.54, 1.807) is 0 Å². The van der Waals surface area contributed by atoms with Gasteiger partial charge in [0.1, 0.15) is 0 Å². The van der Waals surface area contributed by atoms with Gasteiger partial charge < -0.3 is 5.32 Å². The molecule has 3 nitrogen and oxygen atoms in total. The summed E-state index contributed by atoms with van der Waals surface area (Å²) in [6, 6.07) is 17.9. The number of fused-ring (bicyclic) bond motifs is 1. The molecule has 2 aromatic carbocycles. The number of anilines is 1. The lowest BCUT2D eigenvalue weighted by atomic mass is 10.1. The normalized spacial score (nSPS) is 10.7. The number of carbonyl (C=O) groups is 1. The van der Waals surface area contributed by atoms with Gasteiger partial charge in [-0.25, -0.2) is 4.98 Å². The van der Waals surface area contributed by atoms with Crippen LogP contribution < -0.4 is 5.32 Å². The minimum absolute atomic E-state index is 0.0167. The molecule has 0 atom stereocenters. The second kappa shape index (κ2) is 6.84. The molecule has 0 bridgehead atoms. The monoisotopic (exact) mass is 322 g/mol. The molecule has 1 N–H and O–H groups in total. The summed E-state index contributed by atoms with van der Waals surface area (Å²) in [6.07, 6.45) is 0. The number of hydrogen-bond donors (Lipinski definition) is 1. The molecule has 0 saturated carbocycles. The van der Waals surface area contributed by atoms with E-state index in [1.807, 2.05) is 55.5 Å². The van der Waals surface area contributed by atoms with Gasteiger partial charge in [-0.2, -0.15) is 0 Å². The predicted octanol–water partition coefficient (Wildman–Crippen LogP) is 4.58. The minimum atomic E-state index is -0.0167. The number of para-hydroxylation sites is 2. The Morgan fingerprint density at radius 2 is 1.78 bits per heavy atom. The van der Waals surface area contributed by atoms with Crippen molar-refractivity contribution >= 4 is 34.3 Å². The highest BCUT2D eigenvalue weighted by atomic mass is 32.2. The molecular weight excluding hydrogens is 304 g/mol. The van der Waals surface area contributed by atoms with Crippen LogP contribution in [-0.2, 0) is 4.79 Å². The van der Waals surface area contributed by atoms with Crippen molar-refractivity contribution in [2.45, 2.75) is 18.9 Å². The molecule has 0 unspecified atom stereocenters. The number of amides is 1. The van der Waals surface area contributed by atoms with Crippen LogP contribution in [0, 0.1) is 13.8 Å². The first-order valence-corrected chi connectivity index (χ1v) is 8.47. The zero-order valence-corrected chi connectivity index (χ0v) is 14.0. The lowest BCUT2D eigenvalue weighted by Crippen LogP contribution is -2.14. The van der Waals surface area contributed by atoms with Gasteiger partial charge >= 0.3 is 0 Å². The van der Waals surface area contributed by atoms with Crippen molar-refractivity contribution in [3.05, 3.63) is 65.7 Å². The highest BCUT2D eigenvalue weighted by Crippen LogP contribution is 2.24. The zero-order chi connectivity index (χ0) is 16.2. The van der Waals surface area contributed by atoms with Gasteiger partial charge in [0.2, 0.25) is 5.91 Å². The number of carbonyl (C=O) groups excluding carboxylic acids is 1. The van der Waals surface area contributed by atoms with Gasteiger partial charge in [-0.3, -0.25) is 4.79 Å². The molecule has 1 heterocycles. The second-order valence-electron chi connectivity index (χ2n) is 5.45. The maximum Gasteiger partial charge on any atom is 0.234 e. The third kappa shape index (κ3) is 3.71. The van der Waals surface area contributed by atoms with Crippen LogP contribution in [0.2, 0.25) is 0 Å². The molecule has 1 amide bonds. The third-order valence-electron chi connectivity index (χ3n) is 3.67. The number of nitrogens with zero attached hydrogens (tertiary/aromatic N) is 1. The number of hydrogen-bond acceptors (Lipinski definition) is 3. The number of aromatic nitrogens is 1. The standard InChI is InChI=1S/C19H18N2OS/c1-13-7-3-5-9-16(13)20-18(22)12-23-19-11-14(2)15-8-4-6-10-17(15)21-19/h3-11H,12H2,1-2H3,(H,20,22). The fourth-order valence-corrected chi connectivity index (χ4v) is 3.21. The molecular formula is C19H18N2OS. The summed E-state index contributed by atoms with van der Waals surface area (Å²) in [4.78, 5) is 16.7. The van der Waals surface area contributed by atoms with Crippen LogP contribution in [-0.4, -0.2) is 16.6 Å². The SMILES string of the molecule is Cc1ccccc1NC(=O)CSc1cc(C)c2ccccc2n1. The van der Waals surface area contributed by atoms with Crippen LogP contribution in [0.1, 0.15) is 11.1 Å².